The first-order valence-electron chi connectivity index (χ1n) is 11.6. The average molecular weight is 609 g/mol. The van der Waals surface area contributed by atoms with E-state index in [4.69, 9.17) is 26.4 Å². The standard InChI is InChI=1S/C26H26BrNO7S2/c27-20-10-6-18(7-11-20)19-8-12-21(13-9-19)37(31,32)28-22(25(29)30)16-26(34-14-3-15-35-26)17-33-23-4-1-2-5-24(23)36/h1-2,4,6-13,22,28H,3,5,14-17H2,(H,29,30). The molecule has 4 rings (SSSR count). The molecule has 8 nitrogen and oxygen atoms in total. The monoisotopic (exact) mass is 607 g/mol. The molecule has 2 aliphatic rings. The Kier molecular flexibility index (Phi) is 8.94. The Hall–Kier alpha value is -2.41. The number of aliphatic carboxylic acids is 1. The Bertz CT molecular complexity index is 1300. The van der Waals surface area contributed by atoms with Gasteiger partial charge in [0.15, 0.2) is 0 Å². The molecule has 0 aromatic heterocycles. The predicted molar refractivity (Wildman–Crippen MR) is 146 cm³/mol. The molecule has 1 saturated heterocycles. The van der Waals surface area contributed by atoms with Gasteiger partial charge in [-0.05, 0) is 47.9 Å². The fourth-order valence-corrected chi connectivity index (χ4v) is 5.61. The first kappa shape index (κ1) is 27.6. The maximum absolute atomic E-state index is 13.1. The van der Waals surface area contributed by atoms with E-state index in [9.17, 15) is 18.3 Å². The third-order valence-corrected chi connectivity index (χ3v) is 8.27. The lowest BCUT2D eigenvalue weighted by Gasteiger charge is -2.38. The van der Waals surface area contributed by atoms with Gasteiger partial charge in [-0.25, -0.2) is 8.42 Å². The van der Waals surface area contributed by atoms with E-state index < -0.39 is 27.8 Å². The van der Waals surface area contributed by atoms with E-state index in [-0.39, 0.29) is 17.9 Å². The number of carboxylic acid groups (broad SMARTS) is 1. The molecule has 1 atom stereocenters. The zero-order valence-corrected chi connectivity index (χ0v) is 23.0. The summed E-state index contributed by atoms with van der Waals surface area (Å²) in [5.74, 6) is -2.33. The molecule has 1 unspecified atom stereocenters. The van der Waals surface area contributed by atoms with Crippen LogP contribution in [0.4, 0.5) is 0 Å². The SMILES string of the molecule is O=C(O)C(CC1(COC2=CC=CCC2=S)OCCCO1)NS(=O)(=O)c1ccc(-c2ccc(Br)cc2)cc1. The van der Waals surface area contributed by atoms with Gasteiger partial charge in [0.25, 0.3) is 0 Å². The molecule has 1 fully saturated rings. The number of halogens is 1. The van der Waals surface area contributed by atoms with Gasteiger partial charge in [-0.3, -0.25) is 4.79 Å². The van der Waals surface area contributed by atoms with Crippen LogP contribution in [-0.4, -0.2) is 56.0 Å². The van der Waals surface area contributed by atoms with Crippen molar-refractivity contribution in [1.29, 1.82) is 0 Å². The molecule has 1 aliphatic heterocycles. The van der Waals surface area contributed by atoms with Crippen LogP contribution in [0.3, 0.4) is 0 Å². The molecule has 196 valence electrons. The van der Waals surface area contributed by atoms with E-state index in [0.29, 0.717) is 36.7 Å². The number of hydrogen-bond acceptors (Lipinski definition) is 7. The summed E-state index contributed by atoms with van der Waals surface area (Å²) in [5, 5.41) is 9.88. The van der Waals surface area contributed by atoms with Crippen LogP contribution in [0.15, 0.2) is 81.9 Å². The van der Waals surface area contributed by atoms with Crippen molar-refractivity contribution >= 4 is 49.0 Å². The zero-order chi connectivity index (χ0) is 26.5. The van der Waals surface area contributed by atoms with Gasteiger partial charge in [-0.2, -0.15) is 4.72 Å². The second-order valence-corrected chi connectivity index (χ2v) is 11.7. The number of thiocarbonyl (C=S) groups is 1. The number of benzene rings is 2. The number of hydrogen-bond donors (Lipinski definition) is 2. The van der Waals surface area contributed by atoms with Gasteiger partial charge in [-0.1, -0.05) is 64.6 Å². The van der Waals surface area contributed by atoms with Gasteiger partial charge >= 0.3 is 5.97 Å². The normalized spacial score (nSPS) is 18.2. The van der Waals surface area contributed by atoms with Crippen molar-refractivity contribution in [2.45, 2.75) is 36.0 Å². The minimum Gasteiger partial charge on any atom is -0.487 e. The first-order chi connectivity index (χ1) is 17.7. The minimum atomic E-state index is -4.16. The molecule has 0 bridgehead atoms. The van der Waals surface area contributed by atoms with E-state index in [1.807, 2.05) is 36.4 Å². The van der Waals surface area contributed by atoms with Gasteiger partial charge in [0.1, 0.15) is 18.4 Å². The number of allylic oxidation sites excluding steroid dienone is 4. The predicted octanol–water partition coefficient (Wildman–Crippen LogP) is 4.60. The van der Waals surface area contributed by atoms with Gasteiger partial charge in [0.05, 0.1) is 23.0 Å². The van der Waals surface area contributed by atoms with E-state index in [0.717, 1.165) is 15.6 Å². The summed E-state index contributed by atoms with van der Waals surface area (Å²) < 4.78 is 46.9. The molecule has 0 radical (unpaired) electrons. The summed E-state index contributed by atoms with van der Waals surface area (Å²) in [6, 6.07) is 12.3. The van der Waals surface area contributed by atoms with E-state index in [1.165, 1.54) is 12.1 Å². The lowest BCUT2D eigenvalue weighted by atomic mass is 10.1. The largest absolute Gasteiger partial charge is 0.487 e. The number of rotatable bonds is 10. The van der Waals surface area contributed by atoms with Gasteiger partial charge in [0.2, 0.25) is 15.8 Å². The van der Waals surface area contributed by atoms with Gasteiger partial charge in [0, 0.05) is 17.3 Å². The molecule has 1 aliphatic carbocycles. The molecular formula is C26H26BrNO7S2. The van der Waals surface area contributed by atoms with Crippen LogP contribution in [0, 0.1) is 0 Å². The summed E-state index contributed by atoms with van der Waals surface area (Å²) in [5.41, 5.74) is 1.74. The maximum Gasteiger partial charge on any atom is 0.321 e. The van der Waals surface area contributed by atoms with Crippen molar-refractivity contribution in [2.24, 2.45) is 0 Å². The second kappa shape index (κ2) is 12.0. The molecule has 11 heteroatoms. The fraction of sp³-hybridized carbons (Fsp3) is 0.308. The lowest BCUT2D eigenvalue weighted by molar-refractivity contribution is -0.287. The molecule has 0 amide bonds. The average Bonchev–Trinajstić information content (AvgIpc) is 2.89. The van der Waals surface area contributed by atoms with Crippen molar-refractivity contribution in [3.05, 3.63) is 77.0 Å². The summed E-state index contributed by atoms with van der Waals surface area (Å²) >= 11 is 8.71. The van der Waals surface area contributed by atoms with Crippen LogP contribution in [0.25, 0.3) is 11.1 Å². The zero-order valence-electron chi connectivity index (χ0n) is 19.8. The quantitative estimate of drug-likeness (QED) is 0.377. The van der Waals surface area contributed by atoms with Crippen LogP contribution in [-0.2, 0) is 29.0 Å². The third-order valence-electron chi connectivity index (χ3n) is 5.88. The lowest BCUT2D eigenvalue weighted by Crippen LogP contribution is -2.52. The topological polar surface area (TPSA) is 111 Å². The van der Waals surface area contributed by atoms with Crippen LogP contribution in [0.2, 0.25) is 0 Å². The molecule has 0 spiro atoms. The van der Waals surface area contributed by atoms with Crippen molar-refractivity contribution in [3.63, 3.8) is 0 Å². The Morgan fingerprint density at radius 3 is 2.32 bits per heavy atom. The molecule has 2 aromatic carbocycles. The second-order valence-electron chi connectivity index (χ2n) is 8.58. The highest BCUT2D eigenvalue weighted by molar-refractivity contribution is 9.10. The molecular weight excluding hydrogens is 582 g/mol. The van der Waals surface area contributed by atoms with Crippen molar-refractivity contribution < 1.29 is 32.5 Å². The fourth-order valence-electron chi connectivity index (χ4n) is 3.93. The molecule has 37 heavy (non-hydrogen) atoms. The molecule has 1 heterocycles. The molecule has 0 saturated carbocycles. The Labute approximate surface area is 229 Å². The van der Waals surface area contributed by atoms with Crippen molar-refractivity contribution in [1.82, 2.24) is 4.72 Å². The summed E-state index contributed by atoms with van der Waals surface area (Å²) in [6.45, 7) is 0.507. The first-order valence-corrected chi connectivity index (χ1v) is 14.3. The molecule has 2 aromatic rings. The number of carboxylic acids is 1. The Morgan fingerprint density at radius 1 is 1.11 bits per heavy atom. The van der Waals surface area contributed by atoms with Crippen molar-refractivity contribution in [3.8, 4) is 11.1 Å². The highest BCUT2D eigenvalue weighted by Gasteiger charge is 2.42. The van der Waals surface area contributed by atoms with Crippen LogP contribution < -0.4 is 4.72 Å². The number of ether oxygens (including phenoxy) is 3. The number of nitrogens with one attached hydrogen (secondary N) is 1. The van der Waals surface area contributed by atoms with Crippen LogP contribution in [0.5, 0.6) is 0 Å². The summed E-state index contributed by atoms with van der Waals surface area (Å²) in [6.07, 6.45) is 6.33. The highest BCUT2D eigenvalue weighted by Crippen LogP contribution is 2.28. The number of sulfonamides is 1. The maximum atomic E-state index is 13.1. The third kappa shape index (κ3) is 7.13. The van der Waals surface area contributed by atoms with E-state index >= 15 is 0 Å². The van der Waals surface area contributed by atoms with Gasteiger partial charge in [-0.15, -0.1) is 0 Å². The molecule has 2 N–H and O–H groups in total. The van der Waals surface area contributed by atoms with Crippen LogP contribution in [0.1, 0.15) is 19.3 Å². The van der Waals surface area contributed by atoms with E-state index in [1.54, 1.807) is 18.2 Å². The summed E-state index contributed by atoms with van der Waals surface area (Å²) in [4.78, 5) is 12.7. The Morgan fingerprint density at radius 2 is 1.73 bits per heavy atom. The summed E-state index contributed by atoms with van der Waals surface area (Å²) in [7, 11) is -4.16. The minimum absolute atomic E-state index is 0.0557. The van der Waals surface area contributed by atoms with Crippen LogP contribution >= 0.6 is 28.1 Å². The van der Waals surface area contributed by atoms with E-state index in [2.05, 4.69) is 20.7 Å². The smallest absolute Gasteiger partial charge is 0.321 e. The number of carbonyl (C=O) groups is 1. The van der Waals surface area contributed by atoms with Crippen molar-refractivity contribution in [2.75, 3.05) is 19.8 Å². The Balaban J connectivity index is 1.50. The highest BCUT2D eigenvalue weighted by atomic mass is 79.9. The van der Waals surface area contributed by atoms with Gasteiger partial charge < -0.3 is 19.3 Å².